The third-order valence-corrected chi connectivity index (χ3v) is 5.07. The van der Waals surface area contributed by atoms with Crippen molar-refractivity contribution in [2.45, 2.75) is 25.7 Å². The minimum absolute atomic E-state index is 0. The number of hydrogen-bond donors (Lipinski definition) is 2. The molecule has 0 radical (unpaired) electrons. The summed E-state index contributed by atoms with van der Waals surface area (Å²) in [4.78, 5) is 30.0. The van der Waals surface area contributed by atoms with Crippen LogP contribution in [0.2, 0.25) is 0 Å². The first-order valence-corrected chi connectivity index (χ1v) is 9.68. The van der Waals surface area contributed by atoms with Crippen molar-refractivity contribution in [2.24, 2.45) is 0 Å². The fraction of sp³-hybridized carbons (Fsp3) is 0.261. The lowest BCUT2D eigenvalue weighted by molar-refractivity contribution is -0.127. The second kappa shape index (κ2) is 11.3. The molecule has 1 unspecified atom stereocenters. The van der Waals surface area contributed by atoms with Gasteiger partial charge in [0.25, 0.3) is 5.91 Å². The predicted molar refractivity (Wildman–Crippen MR) is 119 cm³/mol. The Hall–Kier alpha value is -2.96. The number of hydroxylamine groups is 1. The van der Waals surface area contributed by atoms with Gasteiger partial charge in [0.15, 0.2) is 0 Å². The largest absolute Gasteiger partial charge is 0.339 e. The summed E-state index contributed by atoms with van der Waals surface area (Å²) in [6.07, 6.45) is 7.99. The lowest BCUT2D eigenvalue weighted by Crippen LogP contribution is -2.38. The second-order valence-corrected chi connectivity index (χ2v) is 7.11. The first kappa shape index (κ1) is 23.3. The van der Waals surface area contributed by atoms with Gasteiger partial charge in [0.2, 0.25) is 5.91 Å². The van der Waals surface area contributed by atoms with Crippen LogP contribution in [0.25, 0.3) is 12.2 Å². The van der Waals surface area contributed by atoms with Crippen LogP contribution in [0.15, 0.2) is 54.6 Å². The van der Waals surface area contributed by atoms with Gasteiger partial charge >= 0.3 is 0 Å². The van der Waals surface area contributed by atoms with Crippen LogP contribution in [0.1, 0.15) is 41.3 Å². The van der Waals surface area contributed by atoms with Gasteiger partial charge in [0, 0.05) is 31.2 Å². The molecule has 30 heavy (non-hydrogen) atoms. The first-order valence-electron chi connectivity index (χ1n) is 9.68. The monoisotopic (exact) mass is 427 g/mol. The molecule has 1 aliphatic heterocycles. The van der Waals surface area contributed by atoms with E-state index < -0.39 is 5.91 Å². The van der Waals surface area contributed by atoms with Gasteiger partial charge in [-0.1, -0.05) is 30.3 Å². The predicted octanol–water partition coefficient (Wildman–Crippen LogP) is 3.75. The average molecular weight is 428 g/mol. The molecule has 1 fully saturated rings. The Bertz CT molecular complexity index is 943. The van der Waals surface area contributed by atoms with Crippen molar-refractivity contribution < 1.29 is 14.8 Å². The number of carbonyl (C=O) groups excluding carboxylic acids is 2. The summed E-state index contributed by atoms with van der Waals surface area (Å²) in [5.41, 5.74) is 5.30. The Kier molecular flexibility index (Phi) is 8.77. The third kappa shape index (κ3) is 6.27. The highest BCUT2D eigenvalue weighted by molar-refractivity contribution is 5.92. The molecule has 158 valence electrons. The van der Waals surface area contributed by atoms with Gasteiger partial charge in [-0.25, -0.2) is 10.5 Å². The van der Waals surface area contributed by atoms with E-state index >= 15 is 0 Å². The Morgan fingerprint density at radius 3 is 2.50 bits per heavy atom. The van der Waals surface area contributed by atoms with E-state index in [-0.39, 0.29) is 18.3 Å². The van der Waals surface area contributed by atoms with E-state index in [4.69, 9.17) is 5.21 Å². The van der Waals surface area contributed by atoms with Crippen LogP contribution in [0.4, 0.5) is 0 Å². The van der Waals surface area contributed by atoms with Crippen molar-refractivity contribution in [3.63, 3.8) is 0 Å². The highest BCUT2D eigenvalue weighted by Gasteiger charge is 2.24. The number of carbonyl (C=O) groups is 2. The van der Waals surface area contributed by atoms with E-state index in [2.05, 4.69) is 30.1 Å². The maximum absolute atomic E-state index is 12.7. The molecule has 0 saturated carbocycles. The number of halogens is 1. The number of aromatic nitrogens is 1. The highest BCUT2D eigenvalue weighted by Crippen LogP contribution is 2.29. The number of piperidine rings is 1. The quantitative estimate of drug-likeness (QED) is 0.432. The zero-order valence-corrected chi connectivity index (χ0v) is 17.6. The number of aryl methyl sites for hydroxylation is 1. The van der Waals surface area contributed by atoms with Gasteiger partial charge in [-0.05, 0) is 55.2 Å². The third-order valence-electron chi connectivity index (χ3n) is 5.07. The molecule has 7 heteroatoms. The summed E-state index contributed by atoms with van der Waals surface area (Å²) in [6.45, 7) is 3.60. The van der Waals surface area contributed by atoms with Crippen LogP contribution < -0.4 is 5.48 Å². The van der Waals surface area contributed by atoms with Gasteiger partial charge in [-0.15, -0.1) is 12.4 Å². The van der Waals surface area contributed by atoms with Crippen molar-refractivity contribution in [1.82, 2.24) is 15.4 Å². The zero-order chi connectivity index (χ0) is 20.6. The zero-order valence-electron chi connectivity index (χ0n) is 16.8. The van der Waals surface area contributed by atoms with Gasteiger partial charge in [-0.2, -0.15) is 0 Å². The van der Waals surface area contributed by atoms with Crippen LogP contribution in [0.3, 0.4) is 0 Å². The topological polar surface area (TPSA) is 82.5 Å². The maximum atomic E-state index is 12.7. The standard InChI is InChI=1S/C23H25N3O3.ClH/c1-17-6-2-3-10-21(17)18-7-5-15-26(16-18)23(28)14-12-20-9-4-8-19(24-20)11-13-22(27)25-29;/h2-4,6,8-14,18,29H,5,7,15-16H2,1H3,(H,25,27);1H/b13-11+,14-12+;. The van der Waals surface area contributed by atoms with E-state index in [0.29, 0.717) is 17.3 Å². The lowest BCUT2D eigenvalue weighted by Gasteiger charge is -2.33. The Morgan fingerprint density at radius 2 is 1.80 bits per heavy atom. The molecule has 0 bridgehead atoms. The summed E-state index contributed by atoms with van der Waals surface area (Å²) in [6, 6.07) is 13.7. The Labute approximate surface area is 182 Å². The molecule has 1 saturated heterocycles. The molecule has 2 heterocycles. The molecule has 1 aromatic heterocycles. The first-order chi connectivity index (χ1) is 14.1. The molecular weight excluding hydrogens is 402 g/mol. The van der Waals surface area contributed by atoms with Crippen LogP contribution in [0.5, 0.6) is 0 Å². The fourth-order valence-corrected chi connectivity index (χ4v) is 3.59. The van der Waals surface area contributed by atoms with Gasteiger partial charge in [0.05, 0.1) is 11.4 Å². The molecule has 1 atom stereocenters. The number of nitrogens with zero attached hydrogens (tertiary/aromatic N) is 2. The molecule has 6 nitrogen and oxygen atoms in total. The minimum atomic E-state index is -0.628. The summed E-state index contributed by atoms with van der Waals surface area (Å²) in [7, 11) is 0. The number of benzene rings is 1. The van der Waals surface area contributed by atoms with E-state index in [0.717, 1.165) is 25.9 Å². The summed E-state index contributed by atoms with van der Waals surface area (Å²) in [5, 5.41) is 8.52. The molecule has 2 aromatic rings. The van der Waals surface area contributed by atoms with Gasteiger partial charge < -0.3 is 4.90 Å². The van der Waals surface area contributed by atoms with Gasteiger partial charge in [0.1, 0.15) is 0 Å². The van der Waals surface area contributed by atoms with E-state index in [1.165, 1.54) is 28.8 Å². The minimum Gasteiger partial charge on any atom is -0.339 e. The SMILES string of the molecule is Cc1ccccc1C1CCCN(C(=O)/C=C/c2cccc(/C=C/C(=O)NO)n2)C1.Cl. The molecule has 0 aliphatic carbocycles. The Morgan fingerprint density at radius 1 is 1.10 bits per heavy atom. The molecule has 1 aromatic carbocycles. The van der Waals surface area contributed by atoms with Gasteiger partial charge in [-0.3, -0.25) is 14.8 Å². The number of nitrogens with one attached hydrogen (secondary N) is 1. The molecule has 2 amide bonds. The van der Waals surface area contributed by atoms with E-state index in [1.54, 1.807) is 30.4 Å². The van der Waals surface area contributed by atoms with Crippen LogP contribution in [0, 0.1) is 6.92 Å². The Balaban J connectivity index is 0.00000320. The summed E-state index contributed by atoms with van der Waals surface area (Å²) < 4.78 is 0. The summed E-state index contributed by atoms with van der Waals surface area (Å²) >= 11 is 0. The molecule has 1 aliphatic rings. The number of pyridine rings is 1. The van der Waals surface area contributed by atoms with Crippen molar-refractivity contribution in [2.75, 3.05) is 13.1 Å². The average Bonchev–Trinajstić information content (AvgIpc) is 2.76. The summed E-state index contributed by atoms with van der Waals surface area (Å²) in [5.74, 6) is -0.284. The maximum Gasteiger partial charge on any atom is 0.267 e. The van der Waals surface area contributed by atoms with Crippen molar-refractivity contribution >= 4 is 36.4 Å². The fourth-order valence-electron chi connectivity index (χ4n) is 3.59. The molecular formula is C23H26ClN3O3. The highest BCUT2D eigenvalue weighted by atomic mass is 35.5. The van der Waals surface area contributed by atoms with E-state index in [1.807, 2.05) is 11.0 Å². The second-order valence-electron chi connectivity index (χ2n) is 7.11. The van der Waals surface area contributed by atoms with Crippen molar-refractivity contribution in [1.29, 1.82) is 0 Å². The number of rotatable bonds is 5. The number of likely N-dealkylation sites (tertiary alicyclic amines) is 1. The van der Waals surface area contributed by atoms with E-state index in [9.17, 15) is 9.59 Å². The number of amides is 2. The van der Waals surface area contributed by atoms with Crippen LogP contribution >= 0.6 is 12.4 Å². The molecule has 2 N–H and O–H groups in total. The normalized spacial score (nSPS) is 16.5. The van der Waals surface area contributed by atoms with Crippen molar-refractivity contribution in [3.8, 4) is 0 Å². The van der Waals surface area contributed by atoms with Crippen molar-refractivity contribution in [3.05, 3.63) is 77.1 Å². The van der Waals surface area contributed by atoms with Crippen LogP contribution in [-0.2, 0) is 9.59 Å². The molecule has 3 rings (SSSR count). The smallest absolute Gasteiger partial charge is 0.267 e. The lowest BCUT2D eigenvalue weighted by atomic mass is 9.88. The molecule has 0 spiro atoms. The van der Waals surface area contributed by atoms with Crippen LogP contribution in [-0.4, -0.2) is 40.0 Å². The number of hydrogen-bond acceptors (Lipinski definition) is 4.